The van der Waals surface area contributed by atoms with Crippen molar-refractivity contribution in [2.45, 2.75) is 51.9 Å². The Bertz CT molecular complexity index is 241. The van der Waals surface area contributed by atoms with Crippen LogP contribution in [0.3, 0.4) is 0 Å². The van der Waals surface area contributed by atoms with Crippen LogP contribution in [0.25, 0.3) is 0 Å². The first kappa shape index (κ1) is 12.3. The molecule has 1 heterocycles. The standard InChI is InChI=1S/C13H24O3/c1-9(2)12-5-4-10(3)6-13(12)15-8-11(7-14)16-13/h9-12,14H,4-8H2,1-3H3/t10-,11+,12+,13+/m0/s1. The molecule has 0 amide bonds. The summed E-state index contributed by atoms with van der Waals surface area (Å²) in [4.78, 5) is 0. The number of hydrogen-bond acceptors (Lipinski definition) is 3. The first-order valence-electron chi connectivity index (χ1n) is 6.50. The fourth-order valence-corrected chi connectivity index (χ4v) is 3.24. The highest BCUT2D eigenvalue weighted by atomic mass is 16.7. The minimum absolute atomic E-state index is 0.0704. The monoisotopic (exact) mass is 228 g/mol. The molecule has 2 rings (SSSR count). The number of ether oxygens (including phenoxy) is 2. The second-order valence-electron chi connectivity index (χ2n) is 5.78. The SMILES string of the molecule is CC(C)[C@H]1CC[C@H](C)C[C@]12OC[C@@H](CO)O2. The molecule has 1 N–H and O–H groups in total. The Hall–Kier alpha value is -0.120. The van der Waals surface area contributed by atoms with Crippen LogP contribution in [0, 0.1) is 17.8 Å². The predicted octanol–water partition coefficient (Wildman–Crippen LogP) is 2.18. The lowest BCUT2D eigenvalue weighted by Crippen LogP contribution is -2.47. The molecule has 2 aliphatic rings. The maximum Gasteiger partial charge on any atom is 0.172 e. The minimum Gasteiger partial charge on any atom is -0.394 e. The van der Waals surface area contributed by atoms with Crippen LogP contribution in [0.15, 0.2) is 0 Å². The summed E-state index contributed by atoms with van der Waals surface area (Å²) in [7, 11) is 0. The summed E-state index contributed by atoms with van der Waals surface area (Å²) in [5.41, 5.74) is 0. The van der Waals surface area contributed by atoms with Gasteiger partial charge in [0.05, 0.1) is 13.2 Å². The Morgan fingerprint density at radius 3 is 2.69 bits per heavy atom. The van der Waals surface area contributed by atoms with Crippen LogP contribution >= 0.6 is 0 Å². The van der Waals surface area contributed by atoms with Crippen molar-refractivity contribution < 1.29 is 14.6 Å². The quantitative estimate of drug-likeness (QED) is 0.787. The fraction of sp³-hybridized carbons (Fsp3) is 1.00. The highest BCUT2D eigenvalue weighted by Gasteiger charge is 2.51. The maximum absolute atomic E-state index is 9.17. The van der Waals surface area contributed by atoms with E-state index in [4.69, 9.17) is 14.6 Å². The van der Waals surface area contributed by atoms with Gasteiger partial charge in [-0.05, 0) is 18.3 Å². The highest BCUT2D eigenvalue weighted by Crippen LogP contribution is 2.47. The molecule has 0 aromatic rings. The summed E-state index contributed by atoms with van der Waals surface area (Å²) in [5, 5.41) is 9.17. The Morgan fingerprint density at radius 2 is 2.12 bits per heavy atom. The van der Waals surface area contributed by atoms with Crippen molar-refractivity contribution in [1.82, 2.24) is 0 Å². The number of rotatable bonds is 2. The Balaban J connectivity index is 2.13. The van der Waals surface area contributed by atoms with Gasteiger partial charge in [-0.3, -0.25) is 0 Å². The molecule has 0 radical (unpaired) electrons. The van der Waals surface area contributed by atoms with Gasteiger partial charge in [-0.15, -0.1) is 0 Å². The number of aliphatic hydroxyl groups excluding tert-OH is 1. The topological polar surface area (TPSA) is 38.7 Å². The van der Waals surface area contributed by atoms with Crippen molar-refractivity contribution in [3.63, 3.8) is 0 Å². The average molecular weight is 228 g/mol. The zero-order chi connectivity index (χ0) is 11.8. The highest BCUT2D eigenvalue weighted by molar-refractivity contribution is 4.92. The Morgan fingerprint density at radius 1 is 1.38 bits per heavy atom. The molecule has 4 atom stereocenters. The third-order valence-corrected chi connectivity index (χ3v) is 4.06. The van der Waals surface area contributed by atoms with Gasteiger partial charge in [-0.2, -0.15) is 0 Å². The smallest absolute Gasteiger partial charge is 0.172 e. The molecule has 3 nitrogen and oxygen atoms in total. The van der Waals surface area contributed by atoms with Gasteiger partial charge in [0.2, 0.25) is 0 Å². The average Bonchev–Trinajstić information content (AvgIpc) is 2.61. The molecule has 1 spiro atoms. The molecule has 0 unspecified atom stereocenters. The van der Waals surface area contributed by atoms with E-state index in [0.29, 0.717) is 24.4 Å². The van der Waals surface area contributed by atoms with E-state index >= 15 is 0 Å². The molecule has 0 bridgehead atoms. The van der Waals surface area contributed by atoms with Gasteiger partial charge in [-0.1, -0.05) is 27.2 Å². The van der Waals surface area contributed by atoms with Gasteiger partial charge in [0, 0.05) is 12.3 Å². The van der Waals surface area contributed by atoms with Crippen molar-refractivity contribution in [2.75, 3.05) is 13.2 Å². The van der Waals surface area contributed by atoms with E-state index in [-0.39, 0.29) is 12.7 Å². The summed E-state index contributed by atoms with van der Waals surface area (Å²) in [6.45, 7) is 7.35. The second kappa shape index (κ2) is 4.63. The molecule has 1 saturated carbocycles. The lowest BCUT2D eigenvalue weighted by Gasteiger charge is -2.44. The van der Waals surface area contributed by atoms with Gasteiger partial charge in [-0.25, -0.2) is 0 Å². The van der Waals surface area contributed by atoms with Crippen LogP contribution in [0.5, 0.6) is 0 Å². The third kappa shape index (κ3) is 2.13. The third-order valence-electron chi connectivity index (χ3n) is 4.06. The largest absolute Gasteiger partial charge is 0.394 e. The summed E-state index contributed by atoms with van der Waals surface area (Å²) < 4.78 is 12.0. The van der Waals surface area contributed by atoms with Gasteiger partial charge in [0.15, 0.2) is 5.79 Å². The second-order valence-corrected chi connectivity index (χ2v) is 5.78. The van der Waals surface area contributed by atoms with Crippen LogP contribution in [-0.2, 0) is 9.47 Å². The number of hydrogen-bond donors (Lipinski definition) is 1. The maximum atomic E-state index is 9.17. The van der Waals surface area contributed by atoms with Crippen LogP contribution in [-0.4, -0.2) is 30.2 Å². The minimum atomic E-state index is -0.404. The van der Waals surface area contributed by atoms with Crippen LogP contribution in [0.4, 0.5) is 0 Å². The van der Waals surface area contributed by atoms with Crippen molar-refractivity contribution in [3.8, 4) is 0 Å². The molecule has 1 saturated heterocycles. The summed E-state index contributed by atoms with van der Waals surface area (Å²) in [5.74, 6) is 1.30. The van der Waals surface area contributed by atoms with Gasteiger partial charge in [0.1, 0.15) is 6.10 Å². The van der Waals surface area contributed by atoms with Crippen molar-refractivity contribution in [1.29, 1.82) is 0 Å². The molecule has 1 aliphatic heterocycles. The van der Waals surface area contributed by atoms with Gasteiger partial charge >= 0.3 is 0 Å². The lowest BCUT2D eigenvalue weighted by atomic mass is 9.73. The van der Waals surface area contributed by atoms with E-state index in [9.17, 15) is 0 Å². The predicted molar refractivity (Wildman–Crippen MR) is 62.0 cm³/mol. The first-order chi connectivity index (χ1) is 7.57. The van der Waals surface area contributed by atoms with E-state index in [1.165, 1.54) is 12.8 Å². The molecule has 94 valence electrons. The van der Waals surface area contributed by atoms with Gasteiger partial charge in [0.25, 0.3) is 0 Å². The summed E-state index contributed by atoms with van der Waals surface area (Å²) >= 11 is 0. The van der Waals surface area contributed by atoms with Crippen molar-refractivity contribution in [3.05, 3.63) is 0 Å². The molecule has 3 heteroatoms. The lowest BCUT2D eigenvalue weighted by molar-refractivity contribution is -0.240. The van der Waals surface area contributed by atoms with Crippen LogP contribution in [0.1, 0.15) is 40.0 Å². The van der Waals surface area contributed by atoms with E-state index in [0.717, 1.165) is 6.42 Å². The molecule has 0 aromatic carbocycles. The molecule has 16 heavy (non-hydrogen) atoms. The van der Waals surface area contributed by atoms with Crippen molar-refractivity contribution in [2.24, 2.45) is 17.8 Å². The van der Waals surface area contributed by atoms with Crippen molar-refractivity contribution >= 4 is 0 Å². The summed E-state index contributed by atoms with van der Waals surface area (Å²) in [6.07, 6.45) is 3.30. The molecule has 1 aliphatic carbocycles. The summed E-state index contributed by atoms with van der Waals surface area (Å²) in [6, 6.07) is 0. The van der Waals surface area contributed by atoms with E-state index < -0.39 is 5.79 Å². The van der Waals surface area contributed by atoms with Gasteiger partial charge < -0.3 is 14.6 Å². The van der Waals surface area contributed by atoms with E-state index in [1.807, 2.05) is 0 Å². The van der Waals surface area contributed by atoms with Crippen LogP contribution in [0.2, 0.25) is 0 Å². The number of aliphatic hydroxyl groups is 1. The van der Waals surface area contributed by atoms with E-state index in [2.05, 4.69) is 20.8 Å². The fourth-order valence-electron chi connectivity index (χ4n) is 3.24. The zero-order valence-corrected chi connectivity index (χ0v) is 10.6. The molecule has 2 fully saturated rings. The molecular formula is C13H24O3. The molecule has 0 aromatic heterocycles. The Kier molecular flexibility index (Phi) is 3.57. The Labute approximate surface area is 98.1 Å². The molecular weight excluding hydrogens is 204 g/mol. The van der Waals surface area contributed by atoms with E-state index in [1.54, 1.807) is 0 Å². The first-order valence-corrected chi connectivity index (χ1v) is 6.50. The zero-order valence-electron chi connectivity index (χ0n) is 10.6. The van der Waals surface area contributed by atoms with Crippen LogP contribution < -0.4 is 0 Å². The normalized spacial score (nSPS) is 44.4.